The molecule has 0 saturated heterocycles. The van der Waals surface area contributed by atoms with Crippen LogP contribution in [0.15, 0.2) is 24.4 Å². The average Bonchev–Trinajstić information content (AvgIpc) is 3.39. The lowest BCUT2D eigenvalue weighted by atomic mass is 9.82. The molecular formula is C22H26F3N5O4. The third-order valence-electron chi connectivity index (χ3n) is 6.19. The van der Waals surface area contributed by atoms with Crippen molar-refractivity contribution in [2.24, 2.45) is 5.92 Å². The first-order chi connectivity index (χ1) is 16.2. The van der Waals surface area contributed by atoms with Gasteiger partial charge in [0.2, 0.25) is 5.91 Å². The molecule has 0 aromatic carbocycles. The topological polar surface area (TPSA) is 129 Å². The van der Waals surface area contributed by atoms with Crippen LogP contribution in [0.25, 0.3) is 0 Å². The zero-order chi connectivity index (χ0) is 24.3. The van der Waals surface area contributed by atoms with Gasteiger partial charge in [-0.15, -0.1) is 0 Å². The van der Waals surface area contributed by atoms with Gasteiger partial charge in [0.15, 0.2) is 5.82 Å². The van der Waals surface area contributed by atoms with Gasteiger partial charge in [-0.1, -0.05) is 6.07 Å². The van der Waals surface area contributed by atoms with Crippen LogP contribution in [-0.4, -0.2) is 51.0 Å². The molecule has 2 amide bonds. The molecule has 2 fully saturated rings. The number of carbonyl (C=O) groups excluding carboxylic acids is 2. The summed E-state index contributed by atoms with van der Waals surface area (Å²) < 4.78 is 43.2. The Hall–Kier alpha value is -3.15. The van der Waals surface area contributed by atoms with E-state index in [4.69, 9.17) is 4.74 Å². The Morgan fingerprint density at radius 1 is 1.21 bits per heavy atom. The molecule has 0 spiro atoms. The largest absolute Gasteiger partial charge is 0.446 e. The highest BCUT2D eigenvalue weighted by atomic mass is 19.4. The molecule has 4 N–H and O–H groups in total. The number of rotatable bonds is 7. The Morgan fingerprint density at radius 2 is 2.00 bits per heavy atom. The van der Waals surface area contributed by atoms with E-state index in [1.807, 2.05) is 0 Å². The van der Waals surface area contributed by atoms with Gasteiger partial charge in [0.05, 0.1) is 12.5 Å². The monoisotopic (exact) mass is 481 g/mol. The fraction of sp³-hybridized carbons (Fsp3) is 0.545. The van der Waals surface area contributed by atoms with Crippen LogP contribution in [0, 0.1) is 5.92 Å². The third kappa shape index (κ3) is 6.25. The van der Waals surface area contributed by atoms with Gasteiger partial charge in [-0.25, -0.2) is 4.79 Å². The number of aliphatic hydroxyl groups excluding tert-OH is 1. The Labute approximate surface area is 193 Å². The standard InChI is InChI=1S/C22H26F3N5O4/c23-22(24,25)18-4-1-12(10-26-18)7-20(32)28-19-9-17(29-30-19)14-2-3-16(8-14)34-21(33)27-11-13-5-15(31)6-13/h1,4,9-10,13-16,31H,2-3,5-8,11H2,(H,27,33)(H2,28,29,30,32)/t13?,14-,15?,16+/m1/s1. The second kappa shape index (κ2) is 10.00. The number of amides is 2. The van der Waals surface area contributed by atoms with Crippen LogP contribution >= 0.6 is 0 Å². The molecule has 9 nitrogen and oxygen atoms in total. The summed E-state index contributed by atoms with van der Waals surface area (Å²) in [5.74, 6) is 0.275. The predicted octanol–water partition coefficient (Wildman–Crippen LogP) is 3.14. The van der Waals surface area contributed by atoms with Crippen molar-refractivity contribution in [3.05, 3.63) is 41.3 Å². The highest BCUT2D eigenvalue weighted by Gasteiger charge is 2.33. The SMILES string of the molecule is O=C(Cc1ccc(C(F)(F)F)nc1)Nc1cc([C@@H]2CC[C@H](OC(=O)NCC3CC(O)C3)C2)[nH]n1. The third-order valence-corrected chi connectivity index (χ3v) is 6.19. The molecule has 2 aliphatic carbocycles. The molecule has 0 bridgehead atoms. The summed E-state index contributed by atoms with van der Waals surface area (Å²) in [6.45, 7) is 0.498. The fourth-order valence-corrected chi connectivity index (χ4v) is 4.30. The number of alkyl carbamates (subject to hydrolysis) is 1. The summed E-state index contributed by atoms with van der Waals surface area (Å²) in [5, 5.41) is 21.6. The number of hydrogen-bond acceptors (Lipinski definition) is 6. The zero-order valence-electron chi connectivity index (χ0n) is 18.3. The van der Waals surface area contributed by atoms with Gasteiger partial charge in [0, 0.05) is 30.4 Å². The number of pyridine rings is 1. The molecule has 184 valence electrons. The molecule has 2 heterocycles. The number of nitrogens with one attached hydrogen (secondary N) is 3. The Bertz CT molecular complexity index is 1000. The number of aliphatic hydroxyl groups is 1. The van der Waals surface area contributed by atoms with Gasteiger partial charge < -0.3 is 20.5 Å². The van der Waals surface area contributed by atoms with Crippen LogP contribution in [0.5, 0.6) is 0 Å². The maximum atomic E-state index is 12.6. The van der Waals surface area contributed by atoms with E-state index >= 15 is 0 Å². The van der Waals surface area contributed by atoms with Crippen LogP contribution in [0.4, 0.5) is 23.8 Å². The Balaban J connectivity index is 1.21. The first-order valence-electron chi connectivity index (χ1n) is 11.2. The second-order valence-electron chi connectivity index (χ2n) is 8.89. The predicted molar refractivity (Wildman–Crippen MR) is 114 cm³/mol. The molecule has 2 aromatic heterocycles. The normalized spacial score (nSPS) is 24.4. The summed E-state index contributed by atoms with van der Waals surface area (Å²) >= 11 is 0. The molecule has 0 aliphatic heterocycles. The van der Waals surface area contributed by atoms with Crippen molar-refractivity contribution in [3.63, 3.8) is 0 Å². The zero-order valence-corrected chi connectivity index (χ0v) is 18.3. The van der Waals surface area contributed by atoms with Crippen molar-refractivity contribution in [1.29, 1.82) is 0 Å². The van der Waals surface area contributed by atoms with E-state index in [2.05, 4.69) is 25.8 Å². The van der Waals surface area contributed by atoms with Crippen molar-refractivity contribution in [2.75, 3.05) is 11.9 Å². The fourth-order valence-electron chi connectivity index (χ4n) is 4.30. The molecule has 4 rings (SSSR count). The van der Waals surface area contributed by atoms with Gasteiger partial charge in [-0.2, -0.15) is 18.3 Å². The van der Waals surface area contributed by atoms with Gasteiger partial charge in [-0.3, -0.25) is 14.9 Å². The number of hydrogen-bond donors (Lipinski definition) is 4. The van der Waals surface area contributed by atoms with Crippen molar-refractivity contribution in [2.45, 2.75) is 62.8 Å². The molecule has 34 heavy (non-hydrogen) atoms. The van der Waals surface area contributed by atoms with Gasteiger partial charge in [0.1, 0.15) is 11.8 Å². The minimum absolute atomic E-state index is 0.0943. The molecule has 0 unspecified atom stereocenters. The Kier molecular flexibility index (Phi) is 7.05. The minimum atomic E-state index is -4.53. The molecule has 0 radical (unpaired) electrons. The first kappa shape index (κ1) is 24.0. The van der Waals surface area contributed by atoms with Gasteiger partial charge in [-0.05, 0) is 49.7 Å². The van der Waals surface area contributed by atoms with Crippen LogP contribution in [0.2, 0.25) is 0 Å². The minimum Gasteiger partial charge on any atom is -0.446 e. The van der Waals surface area contributed by atoms with E-state index in [-0.39, 0.29) is 24.5 Å². The maximum Gasteiger partial charge on any atom is 0.433 e. The number of halogens is 3. The summed E-state index contributed by atoms with van der Waals surface area (Å²) in [7, 11) is 0. The smallest absolute Gasteiger partial charge is 0.433 e. The summed E-state index contributed by atoms with van der Waals surface area (Å²) in [5.41, 5.74) is 0.147. The van der Waals surface area contributed by atoms with E-state index < -0.39 is 23.9 Å². The number of nitrogens with zero attached hydrogens (tertiary/aromatic N) is 2. The molecule has 12 heteroatoms. The molecule has 2 aliphatic rings. The average molecular weight is 481 g/mol. The number of carbonyl (C=O) groups is 2. The molecule has 2 saturated carbocycles. The number of alkyl halides is 3. The summed E-state index contributed by atoms with van der Waals surface area (Å²) in [6, 6.07) is 3.76. The van der Waals surface area contributed by atoms with Crippen molar-refractivity contribution >= 4 is 17.8 Å². The van der Waals surface area contributed by atoms with Gasteiger partial charge >= 0.3 is 12.3 Å². The Morgan fingerprint density at radius 3 is 2.68 bits per heavy atom. The van der Waals surface area contributed by atoms with Crippen molar-refractivity contribution < 1.29 is 32.6 Å². The molecule has 2 aromatic rings. The van der Waals surface area contributed by atoms with Crippen LogP contribution < -0.4 is 10.6 Å². The van der Waals surface area contributed by atoms with Crippen LogP contribution in [0.3, 0.4) is 0 Å². The molecular weight excluding hydrogens is 455 g/mol. The lowest BCUT2D eigenvalue weighted by molar-refractivity contribution is -0.141. The van der Waals surface area contributed by atoms with E-state index in [1.165, 1.54) is 6.07 Å². The molecule has 2 atom stereocenters. The maximum absolute atomic E-state index is 12.6. The quantitative estimate of drug-likeness (QED) is 0.481. The lowest BCUT2D eigenvalue weighted by Gasteiger charge is -2.31. The van der Waals surface area contributed by atoms with E-state index in [1.54, 1.807) is 6.07 Å². The second-order valence-corrected chi connectivity index (χ2v) is 8.89. The first-order valence-corrected chi connectivity index (χ1v) is 11.2. The van der Waals surface area contributed by atoms with Crippen molar-refractivity contribution in [3.8, 4) is 0 Å². The summed E-state index contributed by atoms with van der Waals surface area (Å²) in [4.78, 5) is 27.6. The highest BCUT2D eigenvalue weighted by Crippen LogP contribution is 2.36. The van der Waals surface area contributed by atoms with Gasteiger partial charge in [0.25, 0.3) is 0 Å². The van der Waals surface area contributed by atoms with E-state index in [0.29, 0.717) is 49.5 Å². The van der Waals surface area contributed by atoms with E-state index in [9.17, 15) is 27.9 Å². The number of ether oxygens (including phenoxy) is 1. The van der Waals surface area contributed by atoms with Crippen molar-refractivity contribution in [1.82, 2.24) is 20.5 Å². The number of aromatic amines is 1. The van der Waals surface area contributed by atoms with Crippen LogP contribution in [0.1, 0.15) is 55.0 Å². The highest BCUT2D eigenvalue weighted by molar-refractivity contribution is 5.91. The van der Waals surface area contributed by atoms with E-state index in [0.717, 1.165) is 24.4 Å². The lowest BCUT2D eigenvalue weighted by Crippen LogP contribution is -2.39. The summed E-state index contributed by atoms with van der Waals surface area (Å²) in [6.07, 6.45) is -1.04. The number of aromatic nitrogens is 3. The number of H-pyrrole nitrogens is 1. The number of anilines is 1. The van der Waals surface area contributed by atoms with Crippen LogP contribution in [-0.2, 0) is 22.1 Å².